The molecule has 0 bridgehead atoms. The highest BCUT2D eigenvalue weighted by molar-refractivity contribution is 5.93. The molecule has 1 heteroatoms. The van der Waals surface area contributed by atoms with E-state index >= 15 is 0 Å². The van der Waals surface area contributed by atoms with Crippen LogP contribution in [-0.2, 0) is 0 Å². The van der Waals surface area contributed by atoms with Crippen LogP contribution >= 0.6 is 0 Å². The molecular weight excluding hydrogens is 314 g/mol. The van der Waals surface area contributed by atoms with Crippen molar-refractivity contribution in [3.05, 3.63) is 75.3 Å². The smallest absolute Gasteiger partial charge is 0.0474 e. The molecule has 0 radical (unpaired) electrons. The van der Waals surface area contributed by atoms with E-state index in [2.05, 4.69) is 84.9 Å². The van der Waals surface area contributed by atoms with E-state index in [0.29, 0.717) is 0 Å². The number of hydrogen-bond acceptors (Lipinski definition) is 1. The molecule has 1 nitrogen and oxygen atoms in total. The van der Waals surface area contributed by atoms with Crippen molar-refractivity contribution in [3.63, 3.8) is 0 Å². The molecule has 0 spiro atoms. The van der Waals surface area contributed by atoms with Crippen LogP contribution < -0.4 is 5.73 Å². The van der Waals surface area contributed by atoms with Crippen molar-refractivity contribution >= 4 is 5.69 Å². The quantitative estimate of drug-likeness (QED) is 0.511. The fraction of sp³-hybridized carbons (Fsp3) is 0.280. The summed E-state index contributed by atoms with van der Waals surface area (Å²) < 4.78 is 0. The molecular formula is C25H29N. The highest BCUT2D eigenvalue weighted by Crippen LogP contribution is 2.41. The zero-order chi connectivity index (χ0) is 19.2. The van der Waals surface area contributed by atoms with Crippen molar-refractivity contribution in [2.45, 2.75) is 48.5 Å². The van der Waals surface area contributed by atoms with Gasteiger partial charge in [-0.25, -0.2) is 0 Å². The Bertz CT molecular complexity index is 884. The second-order valence-corrected chi connectivity index (χ2v) is 7.82. The molecule has 0 aliphatic carbocycles. The van der Waals surface area contributed by atoms with Gasteiger partial charge in [-0.2, -0.15) is 0 Å². The van der Waals surface area contributed by atoms with Crippen LogP contribution in [0.15, 0.2) is 36.4 Å². The number of rotatable bonds is 2. The highest BCUT2D eigenvalue weighted by atomic mass is 14.6. The average Bonchev–Trinajstić information content (AvgIpc) is 2.49. The lowest BCUT2D eigenvalue weighted by molar-refractivity contribution is 1.30. The lowest BCUT2D eigenvalue weighted by Crippen LogP contribution is -2.01. The Kier molecular flexibility index (Phi) is 4.66. The van der Waals surface area contributed by atoms with E-state index in [4.69, 9.17) is 5.73 Å². The fourth-order valence-corrected chi connectivity index (χ4v) is 4.42. The highest BCUT2D eigenvalue weighted by Gasteiger charge is 2.17. The molecule has 0 saturated heterocycles. The van der Waals surface area contributed by atoms with Gasteiger partial charge in [-0.05, 0) is 99.5 Å². The Morgan fingerprint density at radius 3 is 1.04 bits per heavy atom. The molecule has 3 rings (SSSR count). The number of benzene rings is 3. The maximum absolute atomic E-state index is 6.77. The fourth-order valence-electron chi connectivity index (χ4n) is 4.42. The molecule has 0 saturated carbocycles. The average molecular weight is 344 g/mol. The van der Waals surface area contributed by atoms with E-state index in [-0.39, 0.29) is 0 Å². The van der Waals surface area contributed by atoms with Crippen LogP contribution in [0.5, 0.6) is 0 Å². The summed E-state index contributed by atoms with van der Waals surface area (Å²) in [5, 5.41) is 0. The predicted octanol–water partition coefficient (Wildman–Crippen LogP) is 6.76. The molecule has 0 fully saturated rings. The van der Waals surface area contributed by atoms with Crippen molar-refractivity contribution in [2.75, 3.05) is 5.73 Å². The summed E-state index contributed by atoms with van der Waals surface area (Å²) in [7, 11) is 0. The Hall–Kier alpha value is -2.54. The van der Waals surface area contributed by atoms with Gasteiger partial charge in [0.15, 0.2) is 0 Å². The zero-order valence-corrected chi connectivity index (χ0v) is 17.0. The van der Waals surface area contributed by atoms with Crippen LogP contribution in [-0.4, -0.2) is 0 Å². The minimum absolute atomic E-state index is 0.876. The minimum Gasteiger partial charge on any atom is -0.398 e. The molecule has 0 heterocycles. The molecule has 0 amide bonds. The summed E-state index contributed by atoms with van der Waals surface area (Å²) in [4.78, 5) is 0. The van der Waals surface area contributed by atoms with Crippen molar-refractivity contribution in [1.29, 1.82) is 0 Å². The Morgan fingerprint density at radius 2 is 0.731 bits per heavy atom. The Morgan fingerprint density at radius 1 is 0.462 bits per heavy atom. The molecule has 0 aliphatic rings. The van der Waals surface area contributed by atoms with Crippen molar-refractivity contribution in [3.8, 4) is 22.3 Å². The standard InChI is InChI=1S/C25H29N/c1-14-8-17(4)23(18(5)9-14)21-12-16(3)13-22(25(21)26)24-19(6)10-15(2)11-20(24)7/h8-13H,26H2,1-7H3. The van der Waals surface area contributed by atoms with E-state index in [1.54, 1.807) is 0 Å². The van der Waals surface area contributed by atoms with Gasteiger partial charge in [-0.1, -0.05) is 35.4 Å². The third-order valence-electron chi connectivity index (χ3n) is 5.22. The summed E-state index contributed by atoms with van der Waals surface area (Å²) in [6, 6.07) is 13.4. The first-order valence-electron chi connectivity index (χ1n) is 9.25. The summed E-state index contributed by atoms with van der Waals surface area (Å²) in [5.74, 6) is 0. The van der Waals surface area contributed by atoms with Crippen molar-refractivity contribution in [1.82, 2.24) is 0 Å². The van der Waals surface area contributed by atoms with Crippen LogP contribution in [0.2, 0.25) is 0 Å². The lowest BCUT2D eigenvalue weighted by Gasteiger charge is -2.20. The zero-order valence-electron chi connectivity index (χ0n) is 17.0. The van der Waals surface area contributed by atoms with Gasteiger partial charge in [0.05, 0.1) is 0 Å². The van der Waals surface area contributed by atoms with E-state index in [1.165, 1.54) is 50.1 Å². The topological polar surface area (TPSA) is 26.0 Å². The van der Waals surface area contributed by atoms with Gasteiger partial charge in [0.1, 0.15) is 0 Å². The van der Waals surface area contributed by atoms with Crippen LogP contribution in [0.1, 0.15) is 38.9 Å². The molecule has 0 atom stereocenters. The van der Waals surface area contributed by atoms with Gasteiger partial charge in [0.2, 0.25) is 0 Å². The second kappa shape index (κ2) is 6.64. The second-order valence-electron chi connectivity index (χ2n) is 7.82. The monoisotopic (exact) mass is 343 g/mol. The van der Waals surface area contributed by atoms with Crippen LogP contribution in [0, 0.1) is 48.5 Å². The minimum atomic E-state index is 0.876. The van der Waals surface area contributed by atoms with Gasteiger partial charge >= 0.3 is 0 Å². The normalized spacial score (nSPS) is 11.0. The Balaban J connectivity index is 2.34. The predicted molar refractivity (Wildman–Crippen MR) is 115 cm³/mol. The van der Waals surface area contributed by atoms with Gasteiger partial charge < -0.3 is 5.73 Å². The van der Waals surface area contributed by atoms with Crippen LogP contribution in [0.3, 0.4) is 0 Å². The molecule has 0 unspecified atom stereocenters. The summed E-state index contributed by atoms with van der Waals surface area (Å²) in [6.07, 6.45) is 0. The summed E-state index contributed by atoms with van der Waals surface area (Å²) in [5.41, 5.74) is 21.4. The number of nitrogens with two attached hydrogens (primary N) is 1. The van der Waals surface area contributed by atoms with E-state index in [9.17, 15) is 0 Å². The first kappa shape index (κ1) is 18.3. The van der Waals surface area contributed by atoms with Crippen molar-refractivity contribution in [2.24, 2.45) is 0 Å². The first-order chi connectivity index (χ1) is 12.2. The van der Waals surface area contributed by atoms with Gasteiger partial charge in [0.25, 0.3) is 0 Å². The van der Waals surface area contributed by atoms with E-state index in [1.807, 2.05) is 0 Å². The van der Waals surface area contributed by atoms with Gasteiger partial charge in [-0.15, -0.1) is 0 Å². The molecule has 3 aromatic rings. The third kappa shape index (κ3) is 3.14. The molecule has 0 aromatic heterocycles. The molecule has 2 N–H and O–H groups in total. The number of anilines is 1. The number of nitrogen functional groups attached to an aromatic ring is 1. The van der Waals surface area contributed by atoms with E-state index < -0.39 is 0 Å². The first-order valence-corrected chi connectivity index (χ1v) is 9.25. The number of hydrogen-bond donors (Lipinski definition) is 1. The van der Waals surface area contributed by atoms with Crippen LogP contribution in [0.4, 0.5) is 5.69 Å². The molecule has 3 aromatic carbocycles. The number of aryl methyl sites for hydroxylation is 7. The molecule has 134 valence electrons. The van der Waals surface area contributed by atoms with Crippen LogP contribution in [0.25, 0.3) is 22.3 Å². The molecule has 26 heavy (non-hydrogen) atoms. The van der Waals surface area contributed by atoms with Gasteiger partial charge in [-0.3, -0.25) is 0 Å². The lowest BCUT2D eigenvalue weighted by atomic mass is 9.86. The third-order valence-corrected chi connectivity index (χ3v) is 5.22. The Labute approximate surface area is 157 Å². The SMILES string of the molecule is Cc1cc(C)c(-c2cc(C)cc(-c3c(C)cc(C)cc3C)c2N)c(C)c1. The molecule has 0 aliphatic heterocycles. The van der Waals surface area contributed by atoms with E-state index in [0.717, 1.165) is 16.8 Å². The largest absolute Gasteiger partial charge is 0.398 e. The van der Waals surface area contributed by atoms with Crippen molar-refractivity contribution < 1.29 is 0 Å². The summed E-state index contributed by atoms with van der Waals surface area (Å²) in [6.45, 7) is 15.2. The van der Waals surface area contributed by atoms with Gasteiger partial charge in [0, 0.05) is 16.8 Å². The maximum Gasteiger partial charge on any atom is 0.0474 e. The summed E-state index contributed by atoms with van der Waals surface area (Å²) >= 11 is 0. The maximum atomic E-state index is 6.77.